The van der Waals surface area contributed by atoms with Crippen molar-refractivity contribution in [3.63, 3.8) is 0 Å². The molecule has 1 aromatic rings. The SMILES string of the molecule is O=C([O-])/C=C/C1COC(c2ccccc2)=N1. The summed E-state index contributed by atoms with van der Waals surface area (Å²) in [4.78, 5) is 14.5. The molecule has 2 rings (SSSR count). The highest BCUT2D eigenvalue weighted by molar-refractivity contribution is 5.95. The number of hydrogen-bond donors (Lipinski definition) is 0. The Morgan fingerprint density at radius 3 is 2.88 bits per heavy atom. The fourth-order valence-electron chi connectivity index (χ4n) is 1.42. The molecule has 4 heteroatoms. The second-order valence-corrected chi connectivity index (χ2v) is 3.36. The van der Waals surface area contributed by atoms with Gasteiger partial charge in [0.05, 0.1) is 5.97 Å². The van der Waals surface area contributed by atoms with Crippen LogP contribution >= 0.6 is 0 Å². The van der Waals surface area contributed by atoms with Crippen molar-refractivity contribution in [3.05, 3.63) is 48.0 Å². The number of carboxylic acids is 1. The highest BCUT2D eigenvalue weighted by Crippen LogP contribution is 2.12. The van der Waals surface area contributed by atoms with Gasteiger partial charge in [-0.15, -0.1) is 0 Å². The van der Waals surface area contributed by atoms with Crippen molar-refractivity contribution in [1.29, 1.82) is 0 Å². The summed E-state index contributed by atoms with van der Waals surface area (Å²) in [5, 5.41) is 10.2. The minimum atomic E-state index is -1.22. The average molecular weight is 216 g/mol. The standard InChI is InChI=1S/C12H11NO3/c14-11(15)7-6-10-8-16-12(13-10)9-4-2-1-3-5-9/h1-7,10H,8H2,(H,14,15)/p-1/b7-6+. The van der Waals surface area contributed by atoms with Crippen LogP contribution in [0.5, 0.6) is 0 Å². The first-order valence-electron chi connectivity index (χ1n) is 4.91. The maximum atomic E-state index is 10.2. The normalized spacial score (nSPS) is 19.5. The number of aliphatic carboxylic acids is 1. The summed E-state index contributed by atoms with van der Waals surface area (Å²) in [6.45, 7) is 0.369. The zero-order chi connectivity index (χ0) is 11.4. The molecule has 0 aromatic heterocycles. The van der Waals surface area contributed by atoms with E-state index in [1.165, 1.54) is 6.08 Å². The molecule has 1 aromatic carbocycles. The van der Waals surface area contributed by atoms with E-state index in [4.69, 9.17) is 4.74 Å². The van der Waals surface area contributed by atoms with Gasteiger partial charge in [-0.2, -0.15) is 0 Å². The Kier molecular flexibility index (Phi) is 3.00. The van der Waals surface area contributed by atoms with Crippen molar-refractivity contribution in [1.82, 2.24) is 0 Å². The number of nitrogens with zero attached hydrogens (tertiary/aromatic N) is 1. The van der Waals surface area contributed by atoms with Crippen LogP contribution in [-0.4, -0.2) is 24.5 Å². The van der Waals surface area contributed by atoms with Gasteiger partial charge in [-0.1, -0.05) is 24.3 Å². The second-order valence-electron chi connectivity index (χ2n) is 3.36. The predicted octanol–water partition coefficient (Wildman–Crippen LogP) is 0.138. The smallest absolute Gasteiger partial charge is 0.216 e. The Labute approximate surface area is 92.9 Å². The lowest BCUT2D eigenvalue weighted by atomic mass is 10.2. The van der Waals surface area contributed by atoms with Crippen LogP contribution in [0.4, 0.5) is 0 Å². The number of aliphatic imine (C=N–C) groups is 1. The number of ether oxygens (including phenoxy) is 1. The quantitative estimate of drug-likeness (QED) is 0.675. The highest BCUT2D eigenvalue weighted by Gasteiger charge is 2.17. The van der Waals surface area contributed by atoms with E-state index in [2.05, 4.69) is 4.99 Å². The van der Waals surface area contributed by atoms with Crippen molar-refractivity contribution in [2.45, 2.75) is 6.04 Å². The summed E-state index contributed by atoms with van der Waals surface area (Å²) < 4.78 is 5.37. The molecule has 0 N–H and O–H groups in total. The molecular weight excluding hydrogens is 206 g/mol. The summed E-state index contributed by atoms with van der Waals surface area (Å²) in [6.07, 6.45) is 2.44. The van der Waals surface area contributed by atoms with Gasteiger partial charge in [0.2, 0.25) is 5.90 Å². The minimum absolute atomic E-state index is 0.242. The topological polar surface area (TPSA) is 61.7 Å². The molecule has 0 saturated heterocycles. The third-order valence-corrected chi connectivity index (χ3v) is 2.15. The lowest BCUT2D eigenvalue weighted by Gasteiger charge is -1.99. The Bertz CT molecular complexity index is 437. The number of carbonyl (C=O) groups is 1. The fourth-order valence-corrected chi connectivity index (χ4v) is 1.42. The van der Waals surface area contributed by atoms with E-state index in [0.717, 1.165) is 11.6 Å². The lowest BCUT2D eigenvalue weighted by molar-refractivity contribution is -0.297. The summed E-state index contributed by atoms with van der Waals surface area (Å²) in [5.74, 6) is -0.669. The molecule has 0 saturated carbocycles. The Balaban J connectivity index is 2.10. The molecule has 1 atom stereocenters. The van der Waals surface area contributed by atoms with Crippen molar-refractivity contribution >= 4 is 11.9 Å². The first-order valence-corrected chi connectivity index (χ1v) is 4.91. The zero-order valence-electron chi connectivity index (χ0n) is 8.50. The molecule has 1 unspecified atom stereocenters. The molecule has 16 heavy (non-hydrogen) atoms. The van der Waals surface area contributed by atoms with Crippen molar-refractivity contribution in [2.75, 3.05) is 6.61 Å². The van der Waals surface area contributed by atoms with Gasteiger partial charge >= 0.3 is 0 Å². The lowest BCUT2D eigenvalue weighted by Crippen LogP contribution is -2.19. The minimum Gasteiger partial charge on any atom is -0.545 e. The van der Waals surface area contributed by atoms with E-state index in [1.54, 1.807) is 0 Å². The van der Waals surface area contributed by atoms with Gasteiger partial charge in [0.1, 0.15) is 12.6 Å². The van der Waals surface area contributed by atoms with Crippen LogP contribution in [0, 0.1) is 0 Å². The van der Waals surface area contributed by atoms with E-state index >= 15 is 0 Å². The second kappa shape index (κ2) is 4.61. The highest BCUT2D eigenvalue weighted by atomic mass is 16.5. The molecule has 0 fully saturated rings. The van der Waals surface area contributed by atoms with E-state index < -0.39 is 5.97 Å². The molecule has 0 aliphatic carbocycles. The summed E-state index contributed by atoms with van der Waals surface area (Å²) in [6, 6.07) is 9.24. The molecule has 0 spiro atoms. The van der Waals surface area contributed by atoms with Gasteiger partial charge in [-0.25, -0.2) is 4.99 Å². The zero-order valence-corrected chi connectivity index (χ0v) is 8.50. The van der Waals surface area contributed by atoms with Gasteiger partial charge in [0.15, 0.2) is 0 Å². The first kappa shape index (κ1) is 10.4. The number of benzene rings is 1. The van der Waals surface area contributed by atoms with Crippen LogP contribution < -0.4 is 5.11 Å². The van der Waals surface area contributed by atoms with Gasteiger partial charge in [0.25, 0.3) is 0 Å². The predicted molar refractivity (Wildman–Crippen MR) is 56.9 cm³/mol. The first-order chi connectivity index (χ1) is 7.75. The maximum absolute atomic E-state index is 10.2. The molecule has 0 amide bonds. The average Bonchev–Trinajstić information content (AvgIpc) is 2.76. The third-order valence-electron chi connectivity index (χ3n) is 2.15. The number of carboxylic acid groups (broad SMARTS) is 1. The Hall–Kier alpha value is -2.10. The van der Waals surface area contributed by atoms with Crippen LogP contribution in [0.2, 0.25) is 0 Å². The van der Waals surface area contributed by atoms with Gasteiger partial charge in [-0.05, 0) is 18.2 Å². The van der Waals surface area contributed by atoms with Crippen molar-refractivity contribution in [2.24, 2.45) is 4.99 Å². The molecular formula is C12H10NO3-. The monoisotopic (exact) mass is 216 g/mol. The summed E-state index contributed by atoms with van der Waals surface area (Å²) in [5.41, 5.74) is 0.895. The van der Waals surface area contributed by atoms with Crippen molar-refractivity contribution < 1.29 is 14.6 Å². The largest absolute Gasteiger partial charge is 0.545 e. The van der Waals surface area contributed by atoms with Gasteiger partial charge in [-0.3, -0.25) is 0 Å². The molecule has 1 aliphatic heterocycles. The maximum Gasteiger partial charge on any atom is 0.216 e. The van der Waals surface area contributed by atoms with E-state index in [9.17, 15) is 9.90 Å². The Morgan fingerprint density at radius 1 is 1.44 bits per heavy atom. The van der Waals surface area contributed by atoms with Crippen LogP contribution in [0.3, 0.4) is 0 Å². The van der Waals surface area contributed by atoms with Crippen LogP contribution in [-0.2, 0) is 9.53 Å². The van der Waals surface area contributed by atoms with E-state index in [1.807, 2.05) is 30.3 Å². The molecule has 82 valence electrons. The molecule has 1 heterocycles. The van der Waals surface area contributed by atoms with E-state index in [-0.39, 0.29) is 6.04 Å². The molecule has 0 bridgehead atoms. The summed E-state index contributed by atoms with van der Waals surface area (Å²) >= 11 is 0. The van der Waals surface area contributed by atoms with Crippen LogP contribution in [0.25, 0.3) is 0 Å². The van der Waals surface area contributed by atoms with Crippen LogP contribution in [0.1, 0.15) is 5.56 Å². The Morgan fingerprint density at radius 2 is 2.19 bits per heavy atom. The number of hydrogen-bond acceptors (Lipinski definition) is 4. The van der Waals surface area contributed by atoms with E-state index in [0.29, 0.717) is 12.5 Å². The number of carbonyl (C=O) groups excluding carboxylic acids is 1. The third kappa shape index (κ3) is 2.48. The van der Waals surface area contributed by atoms with Gasteiger partial charge < -0.3 is 14.6 Å². The fraction of sp³-hybridized carbons (Fsp3) is 0.167. The summed E-state index contributed by atoms with van der Waals surface area (Å²) in [7, 11) is 0. The molecule has 1 aliphatic rings. The molecule has 0 radical (unpaired) electrons. The van der Waals surface area contributed by atoms with Crippen LogP contribution in [0.15, 0.2) is 47.5 Å². The van der Waals surface area contributed by atoms with Gasteiger partial charge in [0, 0.05) is 5.56 Å². The number of rotatable bonds is 3. The molecule has 4 nitrogen and oxygen atoms in total. The van der Waals surface area contributed by atoms with Crippen molar-refractivity contribution in [3.8, 4) is 0 Å².